The van der Waals surface area contributed by atoms with Crippen LogP contribution in [0, 0.1) is 23.6 Å². The number of carbonyl (C=O) groups is 2. The number of benzene rings is 1. The molecule has 6 heteroatoms. The van der Waals surface area contributed by atoms with E-state index in [1.807, 2.05) is 4.90 Å². The number of likely N-dealkylation sites (tertiary alicyclic amines) is 1. The molecule has 0 bridgehead atoms. The standard InChI is InChI=1S/C26H38FN3O2/c1-16(2)18-5-8-20(9-6-18)29-13-11-21(12-14-29)30-23-10-7-19(27)15-22(23)24(26(30)32)28-25(31)17(3)4/h7,10,15-18,20-21,24H,5-6,8-9,11-14H2,1-4H3,(H,28,31). The Morgan fingerprint density at radius 2 is 1.66 bits per heavy atom. The van der Waals surface area contributed by atoms with Crippen LogP contribution >= 0.6 is 0 Å². The highest BCUT2D eigenvalue weighted by Gasteiger charge is 2.43. The quantitative estimate of drug-likeness (QED) is 0.720. The monoisotopic (exact) mass is 443 g/mol. The Kier molecular flexibility index (Phi) is 6.89. The summed E-state index contributed by atoms with van der Waals surface area (Å²) < 4.78 is 14.0. The Balaban J connectivity index is 1.43. The van der Waals surface area contributed by atoms with Crippen LogP contribution in [0.4, 0.5) is 10.1 Å². The second-order valence-corrected chi connectivity index (χ2v) is 10.6. The van der Waals surface area contributed by atoms with Gasteiger partial charge >= 0.3 is 0 Å². The first-order valence-corrected chi connectivity index (χ1v) is 12.4. The molecule has 0 radical (unpaired) electrons. The van der Waals surface area contributed by atoms with Gasteiger partial charge in [-0.05, 0) is 68.6 Å². The van der Waals surface area contributed by atoms with Crippen LogP contribution in [0.2, 0.25) is 0 Å². The number of rotatable bonds is 5. The molecule has 0 aromatic heterocycles. The molecule has 2 aliphatic heterocycles. The van der Waals surface area contributed by atoms with Crippen LogP contribution in [0.3, 0.4) is 0 Å². The number of piperidine rings is 1. The summed E-state index contributed by atoms with van der Waals surface area (Å²) >= 11 is 0. The van der Waals surface area contributed by atoms with Gasteiger partial charge in [-0.1, -0.05) is 27.7 Å². The third-order valence-corrected chi connectivity index (χ3v) is 7.92. The number of nitrogens with one attached hydrogen (secondary N) is 1. The molecule has 2 fully saturated rings. The number of fused-ring (bicyclic) bond motifs is 1. The van der Waals surface area contributed by atoms with Gasteiger partial charge in [-0.25, -0.2) is 4.39 Å². The SMILES string of the molecule is CC(C)C(=O)NC1C(=O)N(C2CCN(C3CCC(C(C)C)CC3)CC2)c2ccc(F)cc21. The maximum atomic E-state index is 14.0. The van der Waals surface area contributed by atoms with Crippen molar-refractivity contribution in [1.29, 1.82) is 0 Å². The summed E-state index contributed by atoms with van der Waals surface area (Å²) in [7, 11) is 0. The van der Waals surface area contributed by atoms with E-state index in [2.05, 4.69) is 24.1 Å². The van der Waals surface area contributed by atoms with Gasteiger partial charge in [0.25, 0.3) is 5.91 Å². The highest BCUT2D eigenvalue weighted by molar-refractivity contribution is 6.06. The number of nitrogens with zero attached hydrogens (tertiary/aromatic N) is 2. The van der Waals surface area contributed by atoms with Crippen LogP contribution in [-0.4, -0.2) is 41.9 Å². The third kappa shape index (κ3) is 4.57. The number of anilines is 1. The minimum absolute atomic E-state index is 0.0934. The Hall–Kier alpha value is -1.95. The number of amides is 2. The average Bonchev–Trinajstić information content (AvgIpc) is 3.04. The molecule has 1 N–H and O–H groups in total. The second-order valence-electron chi connectivity index (χ2n) is 10.6. The molecular weight excluding hydrogens is 405 g/mol. The Bertz CT molecular complexity index is 839. The molecule has 5 nitrogen and oxygen atoms in total. The Morgan fingerprint density at radius 1 is 1.00 bits per heavy atom. The van der Waals surface area contributed by atoms with E-state index in [4.69, 9.17) is 0 Å². The van der Waals surface area contributed by atoms with Crippen LogP contribution < -0.4 is 10.2 Å². The molecule has 2 heterocycles. The van der Waals surface area contributed by atoms with Crippen molar-refractivity contribution in [1.82, 2.24) is 10.2 Å². The predicted molar refractivity (Wildman–Crippen MR) is 125 cm³/mol. The van der Waals surface area contributed by atoms with Crippen molar-refractivity contribution in [3.05, 3.63) is 29.6 Å². The lowest BCUT2D eigenvalue weighted by atomic mass is 9.79. The van der Waals surface area contributed by atoms with Crippen molar-refractivity contribution in [2.75, 3.05) is 18.0 Å². The van der Waals surface area contributed by atoms with Gasteiger partial charge in [-0.2, -0.15) is 0 Å². The number of hydrogen-bond donors (Lipinski definition) is 1. The van der Waals surface area contributed by atoms with Gasteiger partial charge in [0, 0.05) is 36.7 Å². The third-order valence-electron chi connectivity index (χ3n) is 7.92. The molecule has 1 atom stereocenters. The maximum absolute atomic E-state index is 14.0. The molecule has 1 aromatic rings. The molecule has 1 unspecified atom stereocenters. The van der Waals surface area contributed by atoms with Crippen molar-refractivity contribution in [2.45, 2.75) is 84.3 Å². The normalized spacial score (nSPS) is 27.3. The molecule has 3 aliphatic rings. The van der Waals surface area contributed by atoms with Gasteiger partial charge in [0.2, 0.25) is 5.91 Å². The summed E-state index contributed by atoms with van der Waals surface area (Å²) in [6.45, 7) is 10.2. The van der Waals surface area contributed by atoms with Gasteiger partial charge < -0.3 is 15.1 Å². The lowest BCUT2D eigenvalue weighted by molar-refractivity contribution is -0.129. The van der Waals surface area contributed by atoms with Crippen molar-refractivity contribution < 1.29 is 14.0 Å². The maximum Gasteiger partial charge on any atom is 0.254 e. The lowest BCUT2D eigenvalue weighted by Crippen LogP contribution is -2.51. The van der Waals surface area contributed by atoms with E-state index in [0.717, 1.165) is 43.5 Å². The van der Waals surface area contributed by atoms with Crippen LogP contribution in [0.1, 0.15) is 77.8 Å². The first-order valence-electron chi connectivity index (χ1n) is 12.4. The second kappa shape index (κ2) is 9.50. The molecule has 1 aromatic carbocycles. The topological polar surface area (TPSA) is 52.7 Å². The number of halogens is 1. The number of carbonyl (C=O) groups excluding carboxylic acids is 2. The predicted octanol–water partition coefficient (Wildman–Crippen LogP) is 4.66. The molecule has 1 saturated heterocycles. The summed E-state index contributed by atoms with van der Waals surface area (Å²) in [5, 5.41) is 2.85. The van der Waals surface area contributed by atoms with Gasteiger partial charge in [0.15, 0.2) is 0 Å². The fourth-order valence-corrected chi connectivity index (χ4v) is 5.83. The van der Waals surface area contributed by atoms with Crippen molar-refractivity contribution >= 4 is 17.5 Å². The molecule has 0 spiro atoms. The van der Waals surface area contributed by atoms with E-state index in [1.54, 1.807) is 19.9 Å². The molecule has 176 valence electrons. The summed E-state index contributed by atoms with van der Waals surface area (Å²) in [6, 6.07) is 4.48. The van der Waals surface area contributed by atoms with E-state index in [-0.39, 0.29) is 29.6 Å². The van der Waals surface area contributed by atoms with Crippen molar-refractivity contribution in [3.8, 4) is 0 Å². The largest absolute Gasteiger partial charge is 0.340 e. The number of hydrogen-bond acceptors (Lipinski definition) is 3. The summed E-state index contributed by atoms with van der Waals surface area (Å²) in [6.07, 6.45) is 7.03. The minimum Gasteiger partial charge on any atom is -0.340 e. The molecule has 32 heavy (non-hydrogen) atoms. The lowest BCUT2D eigenvalue weighted by Gasteiger charge is -2.43. The highest BCUT2D eigenvalue weighted by Crippen LogP contribution is 2.40. The first-order chi connectivity index (χ1) is 15.3. The van der Waals surface area contributed by atoms with E-state index in [0.29, 0.717) is 11.6 Å². The summed E-state index contributed by atoms with van der Waals surface area (Å²) in [4.78, 5) is 30.2. The van der Waals surface area contributed by atoms with Crippen molar-refractivity contribution in [3.63, 3.8) is 0 Å². The summed E-state index contributed by atoms with van der Waals surface area (Å²) in [5.74, 6) is 0.706. The van der Waals surface area contributed by atoms with E-state index >= 15 is 0 Å². The van der Waals surface area contributed by atoms with Crippen LogP contribution in [0.5, 0.6) is 0 Å². The average molecular weight is 444 g/mol. The zero-order valence-electron chi connectivity index (χ0n) is 19.9. The van der Waals surface area contributed by atoms with Crippen LogP contribution in [0.15, 0.2) is 18.2 Å². The van der Waals surface area contributed by atoms with Gasteiger partial charge in [-0.3, -0.25) is 9.59 Å². The van der Waals surface area contributed by atoms with Gasteiger partial charge in [-0.15, -0.1) is 0 Å². The van der Waals surface area contributed by atoms with Gasteiger partial charge in [0.1, 0.15) is 11.9 Å². The molecule has 4 rings (SSSR count). The molecule has 2 amide bonds. The Morgan fingerprint density at radius 3 is 2.25 bits per heavy atom. The molecular formula is C26H38FN3O2. The van der Waals surface area contributed by atoms with Crippen LogP contribution in [-0.2, 0) is 9.59 Å². The fourth-order valence-electron chi connectivity index (χ4n) is 5.83. The van der Waals surface area contributed by atoms with E-state index in [1.165, 1.54) is 37.8 Å². The highest BCUT2D eigenvalue weighted by atomic mass is 19.1. The van der Waals surface area contributed by atoms with Crippen molar-refractivity contribution in [2.24, 2.45) is 17.8 Å². The van der Waals surface area contributed by atoms with E-state index < -0.39 is 6.04 Å². The zero-order valence-corrected chi connectivity index (χ0v) is 19.9. The smallest absolute Gasteiger partial charge is 0.254 e. The van der Waals surface area contributed by atoms with Crippen LogP contribution in [0.25, 0.3) is 0 Å². The van der Waals surface area contributed by atoms with Gasteiger partial charge in [0.05, 0.1) is 5.69 Å². The Labute approximate surface area is 191 Å². The fraction of sp³-hybridized carbons (Fsp3) is 0.692. The minimum atomic E-state index is -0.792. The molecule has 1 aliphatic carbocycles. The summed E-state index contributed by atoms with van der Waals surface area (Å²) in [5.41, 5.74) is 1.33. The molecule has 1 saturated carbocycles. The van der Waals surface area contributed by atoms with E-state index in [9.17, 15) is 14.0 Å². The first kappa shape index (κ1) is 23.2. The zero-order chi connectivity index (χ0) is 23.0.